The van der Waals surface area contributed by atoms with Gasteiger partial charge in [-0.05, 0) is 0 Å². The van der Waals surface area contributed by atoms with Gasteiger partial charge in [0.2, 0.25) is 5.91 Å². The number of hydrogen-bond acceptors (Lipinski definition) is 3. The van der Waals surface area contributed by atoms with Crippen LogP contribution in [0, 0.1) is 5.92 Å². The first-order valence-electron chi connectivity index (χ1n) is 4.11. The number of thioether (sulfide) groups is 1. The molecule has 0 aromatic rings. The van der Waals surface area contributed by atoms with Gasteiger partial charge in [-0.25, -0.2) is 0 Å². The molecule has 0 saturated carbocycles. The van der Waals surface area contributed by atoms with Gasteiger partial charge in [0, 0.05) is 25.1 Å². The van der Waals surface area contributed by atoms with Gasteiger partial charge in [0.15, 0.2) is 5.12 Å². The smallest absolute Gasteiger partial charge is 0.216 e. The Morgan fingerprint density at radius 2 is 2.23 bits per heavy atom. The van der Waals surface area contributed by atoms with E-state index in [9.17, 15) is 9.59 Å². The highest BCUT2D eigenvalue weighted by Gasteiger charge is 2.08. The van der Waals surface area contributed by atoms with E-state index >= 15 is 0 Å². The Kier molecular flexibility index (Phi) is 6.32. The van der Waals surface area contributed by atoms with Crippen LogP contribution in [0.2, 0.25) is 0 Å². The van der Waals surface area contributed by atoms with Gasteiger partial charge in [-0.15, -0.1) is 6.58 Å². The van der Waals surface area contributed by atoms with Gasteiger partial charge in [0.25, 0.3) is 0 Å². The van der Waals surface area contributed by atoms with Crippen LogP contribution in [0.15, 0.2) is 12.7 Å². The molecule has 0 aromatic heterocycles. The van der Waals surface area contributed by atoms with Crippen LogP contribution in [-0.4, -0.2) is 23.3 Å². The molecule has 0 spiro atoms. The highest BCUT2D eigenvalue weighted by atomic mass is 32.2. The lowest BCUT2D eigenvalue weighted by atomic mass is 10.2. The van der Waals surface area contributed by atoms with Crippen LogP contribution < -0.4 is 5.32 Å². The lowest BCUT2D eigenvalue weighted by Gasteiger charge is -2.04. The minimum atomic E-state index is -0.109. The first-order valence-corrected chi connectivity index (χ1v) is 5.10. The van der Waals surface area contributed by atoms with Crippen molar-refractivity contribution >= 4 is 22.8 Å². The average molecular weight is 201 g/mol. The Balaban J connectivity index is 3.48. The lowest BCUT2D eigenvalue weighted by molar-refractivity contribution is -0.119. The molecular weight excluding hydrogens is 186 g/mol. The second kappa shape index (κ2) is 6.71. The third-order valence-electron chi connectivity index (χ3n) is 1.45. The topological polar surface area (TPSA) is 46.2 Å². The molecule has 1 atom stereocenters. The maximum Gasteiger partial charge on any atom is 0.216 e. The van der Waals surface area contributed by atoms with Crippen LogP contribution in [0.1, 0.15) is 13.8 Å². The van der Waals surface area contributed by atoms with Crippen molar-refractivity contribution in [1.29, 1.82) is 0 Å². The molecular formula is C9H15NO2S. The SMILES string of the molecule is C=CC(C)C(=O)SCCNC(C)=O. The fourth-order valence-corrected chi connectivity index (χ4v) is 1.37. The maximum absolute atomic E-state index is 11.2. The molecule has 0 aliphatic rings. The van der Waals surface area contributed by atoms with E-state index in [-0.39, 0.29) is 16.9 Å². The maximum atomic E-state index is 11.2. The van der Waals surface area contributed by atoms with E-state index in [1.807, 2.05) is 0 Å². The molecule has 1 unspecified atom stereocenters. The van der Waals surface area contributed by atoms with Crippen LogP contribution in [0.4, 0.5) is 0 Å². The summed E-state index contributed by atoms with van der Waals surface area (Å²) in [7, 11) is 0. The van der Waals surface area contributed by atoms with E-state index in [0.29, 0.717) is 12.3 Å². The summed E-state index contributed by atoms with van der Waals surface area (Å²) in [5, 5.41) is 2.72. The zero-order chi connectivity index (χ0) is 10.3. The minimum Gasteiger partial charge on any atom is -0.356 e. The molecule has 0 aliphatic heterocycles. The fraction of sp³-hybridized carbons (Fsp3) is 0.556. The average Bonchev–Trinajstić information content (AvgIpc) is 2.10. The Labute approximate surface area is 83.0 Å². The van der Waals surface area contributed by atoms with Crippen molar-refractivity contribution in [2.24, 2.45) is 5.92 Å². The normalized spacial score (nSPS) is 11.8. The van der Waals surface area contributed by atoms with Crippen LogP contribution in [0.5, 0.6) is 0 Å². The first-order chi connectivity index (χ1) is 6.07. The van der Waals surface area contributed by atoms with Crippen molar-refractivity contribution < 1.29 is 9.59 Å². The van der Waals surface area contributed by atoms with E-state index < -0.39 is 0 Å². The Bertz CT molecular complexity index is 204. The zero-order valence-corrected chi connectivity index (χ0v) is 8.82. The molecule has 0 aliphatic carbocycles. The number of nitrogens with one attached hydrogen (secondary N) is 1. The first kappa shape index (κ1) is 12.2. The van der Waals surface area contributed by atoms with E-state index in [2.05, 4.69) is 11.9 Å². The standard InChI is InChI=1S/C9H15NO2S/c1-4-7(2)9(12)13-6-5-10-8(3)11/h4,7H,1,5-6H2,2-3H3,(H,10,11). The Morgan fingerprint density at radius 1 is 1.62 bits per heavy atom. The lowest BCUT2D eigenvalue weighted by Crippen LogP contribution is -2.23. The minimum absolute atomic E-state index is 0.0650. The van der Waals surface area contributed by atoms with Crippen molar-refractivity contribution in [2.45, 2.75) is 13.8 Å². The largest absolute Gasteiger partial charge is 0.356 e. The monoisotopic (exact) mass is 201 g/mol. The predicted octanol–water partition coefficient (Wildman–Crippen LogP) is 1.20. The van der Waals surface area contributed by atoms with Crippen LogP contribution >= 0.6 is 11.8 Å². The number of hydrogen-bond donors (Lipinski definition) is 1. The van der Waals surface area contributed by atoms with Gasteiger partial charge < -0.3 is 5.32 Å². The zero-order valence-electron chi connectivity index (χ0n) is 8.00. The van der Waals surface area contributed by atoms with Gasteiger partial charge in [0.1, 0.15) is 0 Å². The van der Waals surface area contributed by atoms with E-state index in [4.69, 9.17) is 0 Å². The molecule has 0 rings (SSSR count). The summed E-state index contributed by atoms with van der Waals surface area (Å²) >= 11 is 1.23. The van der Waals surface area contributed by atoms with Crippen molar-refractivity contribution in [3.8, 4) is 0 Å². The third kappa shape index (κ3) is 6.40. The van der Waals surface area contributed by atoms with Gasteiger partial charge in [0.05, 0.1) is 0 Å². The fourth-order valence-electron chi connectivity index (χ4n) is 0.606. The molecule has 0 radical (unpaired) electrons. The van der Waals surface area contributed by atoms with Crippen LogP contribution in [-0.2, 0) is 9.59 Å². The number of amides is 1. The number of allylic oxidation sites excluding steroid dienone is 1. The molecule has 0 fully saturated rings. The quantitative estimate of drug-likeness (QED) is 0.537. The molecule has 13 heavy (non-hydrogen) atoms. The molecule has 1 N–H and O–H groups in total. The number of carbonyl (C=O) groups is 2. The van der Waals surface area contributed by atoms with Gasteiger partial charge in [-0.1, -0.05) is 24.8 Å². The summed E-state index contributed by atoms with van der Waals surface area (Å²) in [6, 6.07) is 0. The molecule has 3 nitrogen and oxygen atoms in total. The van der Waals surface area contributed by atoms with Gasteiger partial charge in [-0.3, -0.25) is 9.59 Å². The number of rotatable bonds is 5. The molecule has 0 bridgehead atoms. The summed E-state index contributed by atoms with van der Waals surface area (Å²) in [5.41, 5.74) is 0. The van der Waals surface area contributed by atoms with Gasteiger partial charge >= 0.3 is 0 Å². The van der Waals surface area contributed by atoms with E-state index in [0.717, 1.165) is 0 Å². The van der Waals surface area contributed by atoms with Crippen LogP contribution in [0.25, 0.3) is 0 Å². The van der Waals surface area contributed by atoms with Crippen molar-refractivity contribution in [2.75, 3.05) is 12.3 Å². The molecule has 4 heteroatoms. The van der Waals surface area contributed by atoms with Crippen molar-refractivity contribution in [3.05, 3.63) is 12.7 Å². The van der Waals surface area contributed by atoms with Crippen LogP contribution in [0.3, 0.4) is 0 Å². The summed E-state index contributed by atoms with van der Waals surface area (Å²) in [6.45, 7) is 7.34. The predicted molar refractivity (Wildman–Crippen MR) is 55.5 cm³/mol. The molecule has 1 amide bonds. The second-order valence-corrected chi connectivity index (χ2v) is 3.77. The molecule has 74 valence electrons. The highest BCUT2D eigenvalue weighted by molar-refractivity contribution is 8.13. The van der Waals surface area contributed by atoms with E-state index in [1.165, 1.54) is 18.7 Å². The van der Waals surface area contributed by atoms with Crippen molar-refractivity contribution in [1.82, 2.24) is 5.32 Å². The molecule has 0 heterocycles. The van der Waals surface area contributed by atoms with Crippen molar-refractivity contribution in [3.63, 3.8) is 0 Å². The molecule has 0 saturated heterocycles. The summed E-state index contributed by atoms with van der Waals surface area (Å²) in [5.74, 6) is 0.448. The summed E-state index contributed by atoms with van der Waals surface area (Å²) in [4.78, 5) is 21.7. The van der Waals surface area contributed by atoms with E-state index in [1.54, 1.807) is 13.0 Å². The van der Waals surface area contributed by atoms with Gasteiger partial charge in [-0.2, -0.15) is 0 Å². The number of carbonyl (C=O) groups excluding carboxylic acids is 2. The highest BCUT2D eigenvalue weighted by Crippen LogP contribution is 2.10. The summed E-state index contributed by atoms with van der Waals surface area (Å²) in [6.07, 6.45) is 1.62. The summed E-state index contributed by atoms with van der Waals surface area (Å²) < 4.78 is 0. The Morgan fingerprint density at radius 3 is 2.69 bits per heavy atom. The molecule has 0 aromatic carbocycles. The Hall–Kier alpha value is -0.770. The second-order valence-electron chi connectivity index (χ2n) is 2.67. The third-order valence-corrected chi connectivity index (χ3v) is 2.51.